The van der Waals surface area contributed by atoms with Crippen LogP contribution >= 0.6 is 0 Å². The zero-order chi connectivity index (χ0) is 12.3. The minimum absolute atomic E-state index is 0.217. The maximum absolute atomic E-state index is 5.68. The van der Waals surface area contributed by atoms with Gasteiger partial charge in [0.2, 0.25) is 5.95 Å². The van der Waals surface area contributed by atoms with Crippen molar-refractivity contribution in [1.29, 1.82) is 0 Å². The highest BCUT2D eigenvalue weighted by atomic mass is 15.3. The van der Waals surface area contributed by atoms with Crippen molar-refractivity contribution in [2.75, 3.05) is 11.2 Å². The fourth-order valence-electron chi connectivity index (χ4n) is 1.79. The Morgan fingerprint density at radius 3 is 2.47 bits per heavy atom. The third-order valence-corrected chi connectivity index (χ3v) is 2.56. The maximum Gasteiger partial charge on any atom is 0.222 e. The van der Waals surface area contributed by atoms with Crippen molar-refractivity contribution in [1.82, 2.24) is 9.97 Å². The van der Waals surface area contributed by atoms with E-state index in [9.17, 15) is 0 Å². The molecule has 0 atom stereocenters. The summed E-state index contributed by atoms with van der Waals surface area (Å²) in [7, 11) is 0. The Hall–Kier alpha value is -2.14. The second-order valence-electron chi connectivity index (χ2n) is 3.62. The van der Waals surface area contributed by atoms with Crippen LogP contribution in [0.3, 0.4) is 0 Å². The van der Waals surface area contributed by atoms with E-state index in [1.165, 1.54) is 0 Å². The van der Waals surface area contributed by atoms with Crippen LogP contribution in [0.5, 0.6) is 0 Å². The molecule has 1 aromatic carbocycles. The van der Waals surface area contributed by atoms with Crippen molar-refractivity contribution >= 4 is 11.8 Å². The standard InChI is InChI=1S/C12H15N5/c1-2-9-10(8-6-4-3-5-7-8)15-12(13)16-11(9)17-14/h3-7H,2,14H2,1H3,(H3,13,15,16,17). The van der Waals surface area contributed by atoms with Crippen LogP contribution in [0.2, 0.25) is 0 Å². The molecule has 0 aliphatic carbocycles. The van der Waals surface area contributed by atoms with E-state index >= 15 is 0 Å². The number of nitrogens with zero attached hydrogens (tertiary/aromatic N) is 2. The predicted molar refractivity (Wildman–Crippen MR) is 69.1 cm³/mol. The molecular weight excluding hydrogens is 214 g/mol. The van der Waals surface area contributed by atoms with Crippen LogP contribution in [-0.2, 0) is 6.42 Å². The molecule has 0 saturated heterocycles. The first-order valence-electron chi connectivity index (χ1n) is 5.44. The molecule has 0 aliphatic heterocycles. The third-order valence-electron chi connectivity index (χ3n) is 2.56. The fraction of sp³-hybridized carbons (Fsp3) is 0.167. The Kier molecular flexibility index (Phi) is 3.20. The summed E-state index contributed by atoms with van der Waals surface area (Å²) in [6, 6.07) is 9.86. The van der Waals surface area contributed by atoms with Crippen molar-refractivity contribution in [3.63, 3.8) is 0 Å². The summed E-state index contributed by atoms with van der Waals surface area (Å²) in [6.07, 6.45) is 0.782. The molecule has 0 aliphatic rings. The molecule has 17 heavy (non-hydrogen) atoms. The SMILES string of the molecule is CCc1c(NN)nc(N)nc1-c1ccccc1. The highest BCUT2D eigenvalue weighted by Gasteiger charge is 2.12. The summed E-state index contributed by atoms with van der Waals surface area (Å²) in [5, 5.41) is 0. The number of rotatable bonds is 3. The molecule has 1 heterocycles. The Labute approximate surface area is 99.9 Å². The van der Waals surface area contributed by atoms with Crippen LogP contribution in [0, 0.1) is 0 Å². The average Bonchev–Trinajstić information content (AvgIpc) is 2.38. The summed E-state index contributed by atoms with van der Waals surface area (Å²) >= 11 is 0. The van der Waals surface area contributed by atoms with E-state index in [2.05, 4.69) is 15.4 Å². The van der Waals surface area contributed by atoms with Gasteiger partial charge in [-0.15, -0.1) is 0 Å². The van der Waals surface area contributed by atoms with Crippen LogP contribution in [-0.4, -0.2) is 9.97 Å². The maximum atomic E-state index is 5.68. The first kappa shape index (κ1) is 11.3. The number of nitrogens with one attached hydrogen (secondary N) is 1. The largest absolute Gasteiger partial charge is 0.368 e. The molecule has 0 fully saturated rings. The van der Waals surface area contributed by atoms with Gasteiger partial charge in [-0.2, -0.15) is 4.98 Å². The van der Waals surface area contributed by atoms with Crippen molar-refractivity contribution in [2.45, 2.75) is 13.3 Å². The first-order chi connectivity index (χ1) is 8.26. The monoisotopic (exact) mass is 229 g/mol. The van der Waals surface area contributed by atoms with E-state index in [0.717, 1.165) is 23.2 Å². The van der Waals surface area contributed by atoms with Crippen molar-refractivity contribution in [2.24, 2.45) is 5.84 Å². The molecular formula is C12H15N5. The number of hydrogen-bond donors (Lipinski definition) is 3. The van der Waals surface area contributed by atoms with Crippen molar-refractivity contribution in [3.05, 3.63) is 35.9 Å². The normalized spacial score (nSPS) is 10.2. The van der Waals surface area contributed by atoms with Gasteiger partial charge in [0.15, 0.2) is 0 Å². The van der Waals surface area contributed by atoms with Crippen molar-refractivity contribution < 1.29 is 0 Å². The molecule has 2 aromatic rings. The minimum atomic E-state index is 0.217. The molecule has 0 amide bonds. The molecule has 88 valence electrons. The average molecular weight is 229 g/mol. The molecule has 0 bridgehead atoms. The zero-order valence-electron chi connectivity index (χ0n) is 9.64. The van der Waals surface area contributed by atoms with Gasteiger partial charge in [0.25, 0.3) is 0 Å². The molecule has 5 heteroatoms. The molecule has 5 N–H and O–H groups in total. The molecule has 0 unspecified atom stereocenters. The van der Waals surface area contributed by atoms with Gasteiger partial charge in [-0.05, 0) is 6.42 Å². The van der Waals surface area contributed by atoms with E-state index in [4.69, 9.17) is 11.6 Å². The van der Waals surface area contributed by atoms with Crippen LogP contribution in [0.1, 0.15) is 12.5 Å². The number of benzene rings is 1. The molecule has 2 rings (SSSR count). The van der Waals surface area contributed by atoms with Gasteiger partial charge < -0.3 is 11.2 Å². The van der Waals surface area contributed by atoms with Gasteiger partial charge >= 0.3 is 0 Å². The molecule has 1 aromatic heterocycles. The van der Waals surface area contributed by atoms with Gasteiger partial charge in [0.05, 0.1) is 5.69 Å². The Bertz CT molecular complexity index is 510. The highest BCUT2D eigenvalue weighted by molar-refractivity contribution is 5.69. The van der Waals surface area contributed by atoms with E-state index in [0.29, 0.717) is 5.82 Å². The summed E-state index contributed by atoms with van der Waals surface area (Å²) in [5.41, 5.74) is 11.0. The highest BCUT2D eigenvalue weighted by Crippen LogP contribution is 2.26. The van der Waals surface area contributed by atoms with Crippen molar-refractivity contribution in [3.8, 4) is 11.3 Å². The van der Waals surface area contributed by atoms with Gasteiger partial charge in [-0.3, -0.25) is 0 Å². The number of nitrogens with two attached hydrogens (primary N) is 2. The quantitative estimate of drug-likeness (QED) is 0.549. The number of hydrogen-bond acceptors (Lipinski definition) is 5. The summed E-state index contributed by atoms with van der Waals surface area (Å²) in [5.74, 6) is 6.25. The lowest BCUT2D eigenvalue weighted by molar-refractivity contribution is 1.05. The molecule has 0 radical (unpaired) electrons. The summed E-state index contributed by atoms with van der Waals surface area (Å²) < 4.78 is 0. The zero-order valence-corrected chi connectivity index (χ0v) is 9.64. The topological polar surface area (TPSA) is 89.8 Å². The van der Waals surface area contributed by atoms with E-state index in [-0.39, 0.29) is 5.95 Å². The van der Waals surface area contributed by atoms with Gasteiger partial charge in [0.1, 0.15) is 5.82 Å². The van der Waals surface area contributed by atoms with Gasteiger partial charge in [0, 0.05) is 11.1 Å². The van der Waals surface area contributed by atoms with Gasteiger partial charge in [-0.1, -0.05) is 37.3 Å². The van der Waals surface area contributed by atoms with Crippen LogP contribution in [0.15, 0.2) is 30.3 Å². The fourth-order valence-corrected chi connectivity index (χ4v) is 1.79. The lowest BCUT2D eigenvalue weighted by atomic mass is 10.0. The number of anilines is 2. The van der Waals surface area contributed by atoms with Gasteiger partial charge in [-0.25, -0.2) is 10.8 Å². The van der Waals surface area contributed by atoms with E-state index < -0.39 is 0 Å². The Morgan fingerprint density at radius 1 is 1.18 bits per heavy atom. The third kappa shape index (κ3) is 2.19. The lowest BCUT2D eigenvalue weighted by Crippen LogP contribution is -2.14. The second kappa shape index (κ2) is 4.80. The summed E-state index contributed by atoms with van der Waals surface area (Å²) in [4.78, 5) is 8.37. The first-order valence-corrected chi connectivity index (χ1v) is 5.44. The van der Waals surface area contributed by atoms with Crippen LogP contribution in [0.25, 0.3) is 11.3 Å². The van der Waals surface area contributed by atoms with Crippen LogP contribution < -0.4 is 17.0 Å². The molecule has 5 nitrogen and oxygen atoms in total. The smallest absolute Gasteiger partial charge is 0.222 e. The second-order valence-corrected chi connectivity index (χ2v) is 3.62. The predicted octanol–water partition coefficient (Wildman–Crippen LogP) is 1.57. The van der Waals surface area contributed by atoms with E-state index in [1.54, 1.807) is 0 Å². The Morgan fingerprint density at radius 2 is 1.88 bits per heavy atom. The number of hydrazine groups is 1. The molecule has 0 saturated carbocycles. The lowest BCUT2D eigenvalue weighted by Gasteiger charge is -2.12. The molecule has 0 spiro atoms. The number of aromatic nitrogens is 2. The summed E-state index contributed by atoms with van der Waals surface area (Å²) in [6.45, 7) is 2.03. The van der Waals surface area contributed by atoms with E-state index in [1.807, 2.05) is 37.3 Å². The minimum Gasteiger partial charge on any atom is -0.368 e. The Balaban J connectivity index is 2.64. The number of nitrogen functional groups attached to an aromatic ring is 2. The van der Waals surface area contributed by atoms with Crippen LogP contribution in [0.4, 0.5) is 11.8 Å².